The molecule has 0 radical (unpaired) electrons. The Kier molecular flexibility index (Phi) is 5.67. The number of rotatable bonds is 5. The normalized spacial score (nSPS) is 25.3. The molecule has 1 aliphatic carbocycles. The molecule has 0 spiro atoms. The van der Waals surface area contributed by atoms with Crippen LogP contribution in [0.25, 0.3) is 5.57 Å². The minimum atomic E-state index is -0.883. The van der Waals surface area contributed by atoms with Crippen molar-refractivity contribution in [1.82, 2.24) is 30.0 Å². The molecule has 3 unspecified atom stereocenters. The number of anilines is 1. The van der Waals surface area contributed by atoms with Crippen LogP contribution in [0.5, 0.6) is 0 Å². The highest BCUT2D eigenvalue weighted by Crippen LogP contribution is 2.33. The Morgan fingerprint density at radius 1 is 1.35 bits per heavy atom. The van der Waals surface area contributed by atoms with E-state index < -0.39 is 6.23 Å². The Morgan fingerprint density at radius 2 is 2.19 bits per heavy atom. The highest BCUT2D eigenvalue weighted by Gasteiger charge is 2.28. The molecule has 31 heavy (non-hydrogen) atoms. The first-order chi connectivity index (χ1) is 15.1. The van der Waals surface area contributed by atoms with E-state index in [1.165, 1.54) is 11.3 Å². The van der Waals surface area contributed by atoms with Crippen LogP contribution in [0.1, 0.15) is 34.0 Å². The minimum absolute atomic E-state index is 0.116. The second-order valence-corrected chi connectivity index (χ2v) is 8.88. The van der Waals surface area contributed by atoms with Crippen molar-refractivity contribution in [3.63, 3.8) is 0 Å². The van der Waals surface area contributed by atoms with Crippen molar-refractivity contribution in [3.8, 4) is 0 Å². The van der Waals surface area contributed by atoms with Crippen molar-refractivity contribution in [2.24, 2.45) is 5.92 Å². The fourth-order valence-electron chi connectivity index (χ4n) is 3.99. The van der Waals surface area contributed by atoms with Crippen LogP contribution < -0.4 is 5.32 Å². The molecule has 10 nitrogen and oxygen atoms in total. The minimum Gasteiger partial charge on any atom is -0.374 e. The smallest absolute Gasteiger partial charge is 0.277 e. The molecule has 3 atom stereocenters. The number of H-pyrrole nitrogens is 1. The Labute approximate surface area is 183 Å². The molecule has 4 heterocycles. The highest BCUT2D eigenvalue weighted by atomic mass is 32.1. The van der Waals surface area contributed by atoms with Gasteiger partial charge in [0.1, 0.15) is 10.7 Å². The summed E-state index contributed by atoms with van der Waals surface area (Å²) < 4.78 is 5.66. The molecule has 164 valence electrons. The number of carbonyl (C=O) groups excluding carboxylic acids is 1. The number of amides is 1. The maximum absolute atomic E-state index is 12.6. The molecule has 2 fully saturated rings. The molecular formula is C20H25N7O3S. The summed E-state index contributed by atoms with van der Waals surface area (Å²) in [5.41, 5.74) is 1.33. The van der Waals surface area contributed by atoms with Crippen LogP contribution in [0.15, 0.2) is 23.6 Å². The predicted molar refractivity (Wildman–Crippen MR) is 115 cm³/mol. The lowest BCUT2D eigenvalue weighted by Crippen LogP contribution is -2.46. The van der Waals surface area contributed by atoms with E-state index in [2.05, 4.69) is 49.6 Å². The number of fused-ring (bicyclic) bond motifs is 1. The van der Waals surface area contributed by atoms with E-state index in [0.717, 1.165) is 49.8 Å². The number of ether oxygens (including phenoxy) is 1. The molecule has 3 N–H and O–H groups in total. The number of aliphatic hydroxyl groups excluding tert-OH is 1. The fourth-order valence-corrected chi connectivity index (χ4v) is 4.80. The van der Waals surface area contributed by atoms with E-state index in [0.29, 0.717) is 17.4 Å². The average Bonchev–Trinajstić information content (AvgIpc) is 3.53. The summed E-state index contributed by atoms with van der Waals surface area (Å²) in [6.07, 6.45) is 6.53. The SMILES string of the molecule is CN1CCN(C(O)c2nc(NC(=O)c3csc(C4=CC5CCOC5C=C4)n3)n[nH]2)CC1. The van der Waals surface area contributed by atoms with E-state index in [-0.39, 0.29) is 18.0 Å². The quantitative estimate of drug-likeness (QED) is 0.629. The van der Waals surface area contributed by atoms with Crippen LogP contribution in [-0.4, -0.2) is 86.9 Å². The molecule has 3 aliphatic rings. The number of thiazole rings is 1. The van der Waals surface area contributed by atoms with Gasteiger partial charge in [-0.2, -0.15) is 4.98 Å². The number of carbonyl (C=O) groups is 1. The molecule has 0 aromatic carbocycles. The molecule has 2 saturated heterocycles. The lowest BCUT2D eigenvalue weighted by molar-refractivity contribution is -0.0286. The number of allylic oxidation sites excluding steroid dienone is 2. The molecule has 2 aromatic heterocycles. The highest BCUT2D eigenvalue weighted by molar-refractivity contribution is 7.11. The lowest BCUT2D eigenvalue weighted by Gasteiger charge is -2.34. The Hall–Kier alpha value is -2.44. The predicted octanol–water partition coefficient (Wildman–Crippen LogP) is 1.11. The number of hydrogen-bond acceptors (Lipinski definition) is 9. The van der Waals surface area contributed by atoms with Crippen LogP contribution in [-0.2, 0) is 4.74 Å². The van der Waals surface area contributed by atoms with Gasteiger partial charge >= 0.3 is 0 Å². The third-order valence-electron chi connectivity index (χ3n) is 5.88. The zero-order valence-corrected chi connectivity index (χ0v) is 18.0. The second kappa shape index (κ2) is 8.60. The average molecular weight is 444 g/mol. The van der Waals surface area contributed by atoms with Crippen molar-refractivity contribution in [2.75, 3.05) is 45.2 Å². The fraction of sp³-hybridized carbons (Fsp3) is 0.500. The van der Waals surface area contributed by atoms with Gasteiger partial charge in [-0.05, 0) is 13.5 Å². The van der Waals surface area contributed by atoms with E-state index in [9.17, 15) is 9.90 Å². The number of nitrogens with zero attached hydrogens (tertiary/aromatic N) is 5. The summed E-state index contributed by atoms with van der Waals surface area (Å²) in [6, 6.07) is 0. The number of hydrogen-bond donors (Lipinski definition) is 3. The number of piperazine rings is 1. The van der Waals surface area contributed by atoms with Gasteiger partial charge in [-0.15, -0.1) is 16.4 Å². The van der Waals surface area contributed by atoms with Gasteiger partial charge in [0, 0.05) is 49.7 Å². The van der Waals surface area contributed by atoms with Crippen LogP contribution in [0.2, 0.25) is 0 Å². The van der Waals surface area contributed by atoms with Crippen molar-refractivity contribution in [2.45, 2.75) is 18.8 Å². The zero-order valence-electron chi connectivity index (χ0n) is 17.2. The van der Waals surface area contributed by atoms with E-state index in [1.807, 2.05) is 11.0 Å². The van der Waals surface area contributed by atoms with Gasteiger partial charge in [0.15, 0.2) is 12.1 Å². The number of nitrogens with one attached hydrogen (secondary N) is 2. The molecule has 5 rings (SSSR count). The zero-order chi connectivity index (χ0) is 21.4. The van der Waals surface area contributed by atoms with E-state index >= 15 is 0 Å². The lowest BCUT2D eigenvalue weighted by atomic mass is 9.93. The van der Waals surface area contributed by atoms with Crippen molar-refractivity contribution < 1.29 is 14.6 Å². The number of aromatic amines is 1. The van der Waals surface area contributed by atoms with E-state index in [4.69, 9.17) is 4.74 Å². The first-order valence-electron chi connectivity index (χ1n) is 10.4. The molecular weight excluding hydrogens is 418 g/mol. The third kappa shape index (κ3) is 4.32. The van der Waals surface area contributed by atoms with Crippen molar-refractivity contribution in [3.05, 3.63) is 40.1 Å². The van der Waals surface area contributed by atoms with Crippen molar-refractivity contribution in [1.29, 1.82) is 0 Å². The first kappa shape index (κ1) is 20.5. The van der Waals surface area contributed by atoms with Crippen LogP contribution in [0, 0.1) is 5.92 Å². The number of likely N-dealkylation sites (N-methyl/N-ethyl adjacent to an activating group) is 1. The van der Waals surface area contributed by atoms with Gasteiger partial charge in [-0.25, -0.2) is 4.98 Å². The molecule has 1 amide bonds. The summed E-state index contributed by atoms with van der Waals surface area (Å²) in [5.74, 6) is 0.416. The van der Waals surface area contributed by atoms with Crippen LogP contribution in [0.3, 0.4) is 0 Å². The maximum Gasteiger partial charge on any atom is 0.277 e. The Morgan fingerprint density at radius 3 is 3.03 bits per heavy atom. The van der Waals surface area contributed by atoms with Gasteiger partial charge in [0.05, 0.1) is 6.10 Å². The maximum atomic E-state index is 12.6. The van der Waals surface area contributed by atoms with Gasteiger partial charge in [0.25, 0.3) is 5.91 Å². The first-order valence-corrected chi connectivity index (χ1v) is 11.3. The monoisotopic (exact) mass is 443 g/mol. The Bertz CT molecular complexity index is 1010. The molecule has 0 saturated carbocycles. The largest absolute Gasteiger partial charge is 0.374 e. The van der Waals surface area contributed by atoms with Crippen molar-refractivity contribution >= 4 is 28.8 Å². The Balaban J connectivity index is 1.22. The summed E-state index contributed by atoms with van der Waals surface area (Å²) >= 11 is 1.43. The molecule has 2 aromatic rings. The molecule has 2 aliphatic heterocycles. The summed E-state index contributed by atoms with van der Waals surface area (Å²) in [4.78, 5) is 25.5. The standard InChI is InChI=1S/C20H25N7O3S/c1-26-5-7-27(8-6-26)19(29)16-22-20(25-24-16)23-17(28)14-11-31-18(21-14)13-2-3-15-12(10-13)4-9-30-15/h2-3,10-12,15,19,29H,4-9H2,1H3,(H2,22,23,24,25,28). The van der Waals surface area contributed by atoms with Crippen LogP contribution >= 0.6 is 11.3 Å². The van der Waals surface area contributed by atoms with Gasteiger partial charge in [0.2, 0.25) is 5.95 Å². The van der Waals surface area contributed by atoms with Gasteiger partial charge in [-0.3, -0.25) is 20.1 Å². The molecule has 0 bridgehead atoms. The number of aromatic nitrogens is 4. The van der Waals surface area contributed by atoms with Gasteiger partial charge in [-0.1, -0.05) is 18.2 Å². The van der Waals surface area contributed by atoms with Gasteiger partial charge < -0.3 is 14.7 Å². The summed E-state index contributed by atoms with van der Waals surface area (Å²) in [7, 11) is 2.05. The summed E-state index contributed by atoms with van der Waals surface area (Å²) in [6.45, 7) is 4.00. The summed E-state index contributed by atoms with van der Waals surface area (Å²) in [5, 5.41) is 22.5. The van der Waals surface area contributed by atoms with E-state index in [1.54, 1.807) is 5.38 Å². The topological polar surface area (TPSA) is 120 Å². The third-order valence-corrected chi connectivity index (χ3v) is 6.77. The van der Waals surface area contributed by atoms with Crippen LogP contribution in [0.4, 0.5) is 5.95 Å². The number of aliphatic hydroxyl groups is 1. The molecule has 11 heteroatoms. The second-order valence-electron chi connectivity index (χ2n) is 8.02.